The van der Waals surface area contributed by atoms with Gasteiger partial charge in [-0.15, -0.1) is 0 Å². The Balaban J connectivity index is 1.45. The van der Waals surface area contributed by atoms with Crippen LogP contribution in [0, 0.1) is 0 Å². The first kappa shape index (κ1) is 18.3. The Morgan fingerprint density at radius 3 is 2.79 bits per heavy atom. The minimum Gasteiger partial charge on any atom is -0.464 e. The van der Waals surface area contributed by atoms with Gasteiger partial charge in [0.15, 0.2) is 0 Å². The van der Waals surface area contributed by atoms with E-state index < -0.39 is 0 Å². The zero-order valence-electron chi connectivity index (χ0n) is 16.3. The van der Waals surface area contributed by atoms with E-state index in [0.29, 0.717) is 12.8 Å². The Hall–Kier alpha value is -2.70. The molecule has 2 saturated heterocycles. The lowest BCUT2D eigenvalue weighted by Crippen LogP contribution is -2.39. The Labute approximate surface area is 168 Å². The summed E-state index contributed by atoms with van der Waals surface area (Å²) in [5, 5.41) is 5.67. The number of nitrogens with zero attached hydrogens (tertiary/aromatic N) is 1. The lowest BCUT2D eigenvalue weighted by molar-refractivity contribution is -0.134. The summed E-state index contributed by atoms with van der Waals surface area (Å²) in [5.41, 5.74) is 2.95. The standard InChI is InChI=1S/C23H24N2O4/c26-21-6-4-18(23(27)24-21)19-14-29-20-5-2-16-13-15(1-3-17(16)22(19)20)7-8-25-9-11-28-12-10-25/h1-3,5,13-14,18H,4,6-12H2,(H,24,26,27). The van der Waals surface area contributed by atoms with Crippen molar-refractivity contribution >= 4 is 33.6 Å². The number of furan rings is 1. The molecule has 0 bridgehead atoms. The molecule has 6 nitrogen and oxygen atoms in total. The van der Waals surface area contributed by atoms with Crippen molar-refractivity contribution in [2.45, 2.75) is 25.2 Å². The first-order valence-corrected chi connectivity index (χ1v) is 10.3. The van der Waals surface area contributed by atoms with Crippen LogP contribution >= 0.6 is 0 Å². The average molecular weight is 392 g/mol. The number of morpholine rings is 1. The monoisotopic (exact) mass is 392 g/mol. The maximum absolute atomic E-state index is 12.4. The van der Waals surface area contributed by atoms with Gasteiger partial charge in [0, 0.05) is 37.0 Å². The SMILES string of the molecule is O=C1CCC(c2coc3ccc4cc(CCN5CCOCC5)ccc4c23)C(=O)N1. The van der Waals surface area contributed by atoms with Gasteiger partial charge in [0.05, 0.1) is 25.4 Å². The van der Waals surface area contributed by atoms with Crippen molar-refractivity contribution in [2.24, 2.45) is 0 Å². The van der Waals surface area contributed by atoms with E-state index >= 15 is 0 Å². The largest absolute Gasteiger partial charge is 0.464 e. The summed E-state index contributed by atoms with van der Waals surface area (Å²) in [4.78, 5) is 26.3. The third-order valence-corrected chi connectivity index (χ3v) is 6.08. The highest BCUT2D eigenvalue weighted by atomic mass is 16.5. The number of fused-ring (bicyclic) bond motifs is 3. The Kier molecular flexibility index (Phi) is 4.81. The van der Waals surface area contributed by atoms with Gasteiger partial charge in [-0.3, -0.25) is 19.8 Å². The quantitative estimate of drug-likeness (QED) is 0.691. The summed E-state index contributed by atoms with van der Waals surface area (Å²) in [6.07, 6.45) is 3.56. The molecule has 0 spiro atoms. The number of carbonyl (C=O) groups is 2. The second-order valence-electron chi connectivity index (χ2n) is 7.89. The van der Waals surface area contributed by atoms with Gasteiger partial charge in [-0.25, -0.2) is 0 Å². The van der Waals surface area contributed by atoms with Crippen molar-refractivity contribution in [3.63, 3.8) is 0 Å². The summed E-state index contributed by atoms with van der Waals surface area (Å²) < 4.78 is 11.2. The summed E-state index contributed by atoms with van der Waals surface area (Å²) in [7, 11) is 0. The molecule has 1 aromatic heterocycles. The molecule has 3 aromatic rings. The number of ether oxygens (including phenoxy) is 1. The smallest absolute Gasteiger partial charge is 0.234 e. The van der Waals surface area contributed by atoms with Crippen molar-refractivity contribution in [3.05, 3.63) is 47.7 Å². The van der Waals surface area contributed by atoms with Crippen molar-refractivity contribution in [1.29, 1.82) is 0 Å². The van der Waals surface area contributed by atoms with Crippen LogP contribution in [0.15, 0.2) is 41.0 Å². The molecule has 0 radical (unpaired) electrons. The number of hydrogen-bond acceptors (Lipinski definition) is 5. The van der Waals surface area contributed by atoms with Crippen LogP contribution in [-0.2, 0) is 20.7 Å². The Morgan fingerprint density at radius 2 is 1.97 bits per heavy atom. The van der Waals surface area contributed by atoms with Crippen LogP contribution in [0.5, 0.6) is 0 Å². The molecular formula is C23H24N2O4. The number of piperidine rings is 1. The molecule has 6 heteroatoms. The van der Waals surface area contributed by atoms with E-state index in [1.807, 2.05) is 6.07 Å². The molecule has 150 valence electrons. The molecular weight excluding hydrogens is 368 g/mol. The van der Waals surface area contributed by atoms with E-state index in [1.54, 1.807) is 6.26 Å². The number of imide groups is 1. The van der Waals surface area contributed by atoms with Crippen LogP contribution in [0.4, 0.5) is 0 Å². The van der Waals surface area contributed by atoms with E-state index in [0.717, 1.165) is 66.6 Å². The minimum absolute atomic E-state index is 0.200. The number of rotatable bonds is 4. The molecule has 1 atom stereocenters. The molecule has 0 saturated carbocycles. The van der Waals surface area contributed by atoms with E-state index in [1.165, 1.54) is 5.56 Å². The molecule has 1 unspecified atom stereocenters. The van der Waals surface area contributed by atoms with Crippen molar-refractivity contribution in [1.82, 2.24) is 10.2 Å². The zero-order chi connectivity index (χ0) is 19.8. The molecule has 2 amide bonds. The van der Waals surface area contributed by atoms with E-state index in [2.05, 4.69) is 34.5 Å². The number of benzene rings is 2. The predicted octanol–water partition coefficient (Wildman–Crippen LogP) is 2.98. The van der Waals surface area contributed by atoms with Gasteiger partial charge < -0.3 is 9.15 Å². The van der Waals surface area contributed by atoms with Gasteiger partial charge in [-0.1, -0.05) is 24.3 Å². The molecule has 3 heterocycles. The van der Waals surface area contributed by atoms with Crippen LogP contribution in [0.2, 0.25) is 0 Å². The fraction of sp³-hybridized carbons (Fsp3) is 0.391. The second-order valence-corrected chi connectivity index (χ2v) is 7.89. The second kappa shape index (κ2) is 7.61. The highest BCUT2D eigenvalue weighted by Gasteiger charge is 2.30. The summed E-state index contributed by atoms with van der Waals surface area (Å²) >= 11 is 0. The summed E-state index contributed by atoms with van der Waals surface area (Å²) in [5.74, 6) is -0.780. The molecule has 0 aliphatic carbocycles. The van der Waals surface area contributed by atoms with Crippen molar-refractivity contribution in [2.75, 3.05) is 32.8 Å². The maximum Gasteiger partial charge on any atom is 0.234 e. The molecule has 2 aliphatic heterocycles. The van der Waals surface area contributed by atoms with Crippen LogP contribution in [0.3, 0.4) is 0 Å². The number of amides is 2. The van der Waals surface area contributed by atoms with E-state index in [-0.39, 0.29) is 17.7 Å². The maximum atomic E-state index is 12.4. The highest BCUT2D eigenvalue weighted by molar-refractivity contribution is 6.10. The molecule has 2 aromatic carbocycles. The average Bonchev–Trinajstić information content (AvgIpc) is 3.17. The first-order chi connectivity index (χ1) is 14.2. The third kappa shape index (κ3) is 3.54. The number of carbonyl (C=O) groups excluding carboxylic acids is 2. The normalized spacial score (nSPS) is 21.0. The lowest BCUT2D eigenvalue weighted by atomic mass is 9.88. The van der Waals surface area contributed by atoms with Gasteiger partial charge in [0.1, 0.15) is 5.58 Å². The first-order valence-electron chi connectivity index (χ1n) is 10.3. The van der Waals surface area contributed by atoms with E-state index in [9.17, 15) is 9.59 Å². The lowest BCUT2D eigenvalue weighted by Gasteiger charge is -2.26. The summed E-state index contributed by atoms with van der Waals surface area (Å²) in [6, 6.07) is 10.6. The van der Waals surface area contributed by atoms with Gasteiger partial charge >= 0.3 is 0 Å². The van der Waals surface area contributed by atoms with Crippen LogP contribution < -0.4 is 5.32 Å². The summed E-state index contributed by atoms with van der Waals surface area (Å²) in [6.45, 7) is 4.67. The van der Waals surface area contributed by atoms with Gasteiger partial charge in [-0.2, -0.15) is 0 Å². The minimum atomic E-state index is -0.347. The number of hydrogen-bond donors (Lipinski definition) is 1. The fourth-order valence-corrected chi connectivity index (χ4v) is 4.46. The zero-order valence-corrected chi connectivity index (χ0v) is 16.3. The van der Waals surface area contributed by atoms with Gasteiger partial charge in [0.2, 0.25) is 11.8 Å². The number of nitrogens with one attached hydrogen (secondary N) is 1. The fourth-order valence-electron chi connectivity index (χ4n) is 4.46. The van der Waals surface area contributed by atoms with E-state index in [4.69, 9.17) is 9.15 Å². The molecule has 2 aliphatic rings. The third-order valence-electron chi connectivity index (χ3n) is 6.08. The Morgan fingerprint density at radius 1 is 1.10 bits per heavy atom. The highest BCUT2D eigenvalue weighted by Crippen LogP contribution is 2.37. The Bertz CT molecular complexity index is 1080. The topological polar surface area (TPSA) is 71.8 Å². The van der Waals surface area contributed by atoms with Crippen LogP contribution in [-0.4, -0.2) is 49.6 Å². The van der Waals surface area contributed by atoms with Crippen LogP contribution in [0.25, 0.3) is 21.7 Å². The van der Waals surface area contributed by atoms with Crippen molar-refractivity contribution in [3.8, 4) is 0 Å². The molecule has 29 heavy (non-hydrogen) atoms. The molecule has 1 N–H and O–H groups in total. The van der Waals surface area contributed by atoms with Crippen LogP contribution in [0.1, 0.15) is 29.9 Å². The predicted molar refractivity (Wildman–Crippen MR) is 110 cm³/mol. The molecule has 2 fully saturated rings. The van der Waals surface area contributed by atoms with Gasteiger partial charge in [0.25, 0.3) is 0 Å². The molecule has 5 rings (SSSR count). The van der Waals surface area contributed by atoms with Gasteiger partial charge in [-0.05, 0) is 35.2 Å². The van der Waals surface area contributed by atoms with Crippen molar-refractivity contribution < 1.29 is 18.7 Å².